The highest BCUT2D eigenvalue weighted by atomic mass is 19.4. The summed E-state index contributed by atoms with van der Waals surface area (Å²) in [6, 6.07) is -0.0978. The van der Waals surface area contributed by atoms with Crippen molar-refractivity contribution in [1.29, 1.82) is 0 Å². The zero-order valence-corrected chi connectivity index (χ0v) is 20.6. The average Bonchev–Trinajstić information content (AvgIpc) is 3.43. The van der Waals surface area contributed by atoms with Crippen LogP contribution in [0.1, 0.15) is 48.6 Å². The number of ether oxygens (including phenoxy) is 2. The fraction of sp³-hybridized carbons (Fsp3) is 0.625. The van der Waals surface area contributed by atoms with Crippen molar-refractivity contribution < 1.29 is 27.4 Å². The Morgan fingerprint density at radius 1 is 1.24 bits per heavy atom. The lowest BCUT2D eigenvalue weighted by atomic mass is 9.95. The number of aromatic amines is 1. The fourth-order valence-corrected chi connectivity index (χ4v) is 4.58. The summed E-state index contributed by atoms with van der Waals surface area (Å²) in [5, 5.41) is 9.62. The summed E-state index contributed by atoms with van der Waals surface area (Å²) >= 11 is 0. The van der Waals surface area contributed by atoms with E-state index in [1.54, 1.807) is 18.0 Å². The summed E-state index contributed by atoms with van der Waals surface area (Å²) in [4.78, 5) is 34.1. The molecule has 1 amide bonds. The van der Waals surface area contributed by atoms with Crippen LogP contribution in [0.5, 0.6) is 0 Å². The quantitative estimate of drug-likeness (QED) is 0.480. The number of amides is 1. The highest BCUT2D eigenvalue weighted by molar-refractivity contribution is 5.76. The number of carbonyl (C=O) groups excluding carboxylic acids is 1. The van der Waals surface area contributed by atoms with E-state index >= 15 is 0 Å². The monoisotopic (exact) mass is 524 g/mol. The molecule has 0 bridgehead atoms. The van der Waals surface area contributed by atoms with Gasteiger partial charge in [0.1, 0.15) is 5.82 Å². The van der Waals surface area contributed by atoms with E-state index in [9.17, 15) is 22.8 Å². The van der Waals surface area contributed by atoms with Gasteiger partial charge in [0, 0.05) is 49.5 Å². The first-order chi connectivity index (χ1) is 17.7. The molecule has 13 heteroatoms. The molecule has 2 aromatic heterocycles. The maximum Gasteiger partial charge on any atom is 0.419 e. The van der Waals surface area contributed by atoms with E-state index < -0.39 is 11.7 Å². The van der Waals surface area contributed by atoms with E-state index in [1.807, 2.05) is 0 Å². The molecule has 202 valence electrons. The van der Waals surface area contributed by atoms with Crippen LogP contribution in [0.2, 0.25) is 0 Å². The van der Waals surface area contributed by atoms with Crippen molar-refractivity contribution in [3.05, 3.63) is 45.9 Å². The molecule has 0 aromatic carbocycles. The molecule has 0 saturated carbocycles. The maximum atomic E-state index is 12.7. The Hall–Kier alpha value is -3.06. The number of anilines is 1. The van der Waals surface area contributed by atoms with Crippen LogP contribution >= 0.6 is 0 Å². The minimum absolute atomic E-state index is 0.0323. The number of nitrogens with one attached hydrogen (secondary N) is 2. The van der Waals surface area contributed by atoms with Crippen molar-refractivity contribution in [2.75, 3.05) is 44.8 Å². The van der Waals surface area contributed by atoms with Gasteiger partial charge < -0.3 is 19.7 Å². The van der Waals surface area contributed by atoms with Crippen LogP contribution in [0, 0.1) is 12.8 Å². The molecule has 2 saturated heterocycles. The van der Waals surface area contributed by atoms with Gasteiger partial charge in [0.05, 0.1) is 49.7 Å². The highest BCUT2D eigenvalue weighted by Gasteiger charge is 2.32. The van der Waals surface area contributed by atoms with Crippen molar-refractivity contribution in [2.45, 2.75) is 50.7 Å². The molecule has 2 aliphatic rings. The summed E-state index contributed by atoms with van der Waals surface area (Å²) in [6.07, 6.45) is 1.00. The number of carbonyl (C=O) groups is 1. The van der Waals surface area contributed by atoms with Gasteiger partial charge in [-0.3, -0.25) is 9.59 Å². The second kappa shape index (κ2) is 12.0. The van der Waals surface area contributed by atoms with Crippen LogP contribution in [0.4, 0.5) is 18.9 Å². The number of likely N-dealkylation sites (tertiary alicyclic amines) is 1. The second-order valence-corrected chi connectivity index (χ2v) is 9.42. The molecule has 0 spiro atoms. The Balaban J connectivity index is 1.22. The number of hydrogen-bond acceptors (Lipinski definition) is 8. The Bertz CT molecular complexity index is 1100. The Kier molecular flexibility index (Phi) is 8.75. The van der Waals surface area contributed by atoms with Crippen LogP contribution < -0.4 is 10.9 Å². The van der Waals surface area contributed by atoms with Gasteiger partial charge in [-0.05, 0) is 26.2 Å². The molecule has 2 N–H and O–H groups in total. The van der Waals surface area contributed by atoms with Gasteiger partial charge in [-0.2, -0.15) is 18.3 Å². The van der Waals surface area contributed by atoms with E-state index in [1.165, 1.54) is 0 Å². The number of rotatable bonds is 9. The molecule has 0 aliphatic carbocycles. The van der Waals surface area contributed by atoms with Crippen LogP contribution in [0.25, 0.3) is 0 Å². The number of hydrogen-bond donors (Lipinski definition) is 2. The first-order valence-corrected chi connectivity index (χ1v) is 12.4. The summed E-state index contributed by atoms with van der Waals surface area (Å²) in [6.45, 7) is 4.56. The summed E-state index contributed by atoms with van der Waals surface area (Å²) in [7, 11) is 0. The number of nitrogens with zero attached hydrogens (tertiary/aromatic N) is 4. The zero-order chi connectivity index (χ0) is 26.4. The van der Waals surface area contributed by atoms with E-state index in [2.05, 4.69) is 25.5 Å². The van der Waals surface area contributed by atoms with Gasteiger partial charge in [0.2, 0.25) is 5.91 Å². The molecule has 0 radical (unpaired) electrons. The third-order valence-electron chi connectivity index (χ3n) is 6.95. The molecule has 4 rings (SSSR count). The minimum Gasteiger partial charge on any atom is -0.381 e. The number of alkyl halides is 3. The Labute approximate surface area is 212 Å². The lowest BCUT2D eigenvalue weighted by Crippen LogP contribution is -2.39. The molecule has 2 fully saturated rings. The molecule has 2 aromatic rings. The third kappa shape index (κ3) is 7.04. The highest BCUT2D eigenvalue weighted by Crippen LogP contribution is 2.30. The maximum absolute atomic E-state index is 12.7. The first kappa shape index (κ1) is 27.0. The SMILES string of the molecule is Cc1c(N[C@@H](COCCC(=O)N2CCC(c3ncc(C(F)(F)F)cn3)CC2)[C@@H]2CCOC2)cn[nH]c1=O. The third-order valence-corrected chi connectivity index (χ3v) is 6.95. The number of H-pyrrole nitrogens is 1. The first-order valence-electron chi connectivity index (χ1n) is 12.4. The van der Waals surface area contributed by atoms with Gasteiger partial charge in [0.25, 0.3) is 5.56 Å². The molecule has 4 heterocycles. The van der Waals surface area contributed by atoms with E-state index in [0.717, 1.165) is 18.8 Å². The molecule has 37 heavy (non-hydrogen) atoms. The van der Waals surface area contributed by atoms with E-state index in [4.69, 9.17) is 9.47 Å². The van der Waals surface area contributed by atoms with Crippen molar-refractivity contribution in [1.82, 2.24) is 25.1 Å². The van der Waals surface area contributed by atoms with Crippen LogP contribution in [-0.4, -0.2) is 76.5 Å². The summed E-state index contributed by atoms with van der Waals surface area (Å²) < 4.78 is 49.5. The van der Waals surface area contributed by atoms with Crippen molar-refractivity contribution in [2.24, 2.45) is 5.92 Å². The van der Waals surface area contributed by atoms with Crippen LogP contribution in [0.15, 0.2) is 23.4 Å². The summed E-state index contributed by atoms with van der Waals surface area (Å²) in [5.74, 6) is 0.478. The lowest BCUT2D eigenvalue weighted by Gasteiger charge is -2.31. The van der Waals surface area contributed by atoms with Gasteiger partial charge in [-0.1, -0.05) is 0 Å². The minimum atomic E-state index is -4.46. The standard InChI is InChI=1S/C24H31F3N6O4/c1-15-19(12-30-32-23(15)35)31-20(17-4-8-36-13-17)14-37-9-5-21(34)33-6-2-16(3-7-33)22-28-10-18(11-29-22)24(25,26)27/h10-12,16-17,20H,2-9,13-14H2,1H3,(H2,31,32,35)/t17-,20+/m1/s1. The van der Waals surface area contributed by atoms with Gasteiger partial charge in [-0.15, -0.1) is 0 Å². The van der Waals surface area contributed by atoms with Crippen molar-refractivity contribution in [3.63, 3.8) is 0 Å². The molecular weight excluding hydrogens is 493 g/mol. The predicted molar refractivity (Wildman–Crippen MR) is 127 cm³/mol. The molecule has 0 unspecified atom stereocenters. The van der Waals surface area contributed by atoms with Crippen molar-refractivity contribution in [3.8, 4) is 0 Å². The lowest BCUT2D eigenvalue weighted by molar-refractivity contribution is -0.138. The Morgan fingerprint density at radius 3 is 2.62 bits per heavy atom. The van der Waals surface area contributed by atoms with Crippen LogP contribution in [0.3, 0.4) is 0 Å². The molecule has 2 aliphatic heterocycles. The average molecular weight is 525 g/mol. The normalized spacial score (nSPS) is 19.7. The van der Waals surface area contributed by atoms with E-state index in [-0.39, 0.29) is 42.4 Å². The smallest absolute Gasteiger partial charge is 0.381 e. The predicted octanol–water partition coefficient (Wildman–Crippen LogP) is 2.52. The van der Waals surface area contributed by atoms with E-state index in [0.29, 0.717) is 62.8 Å². The zero-order valence-electron chi connectivity index (χ0n) is 20.6. The van der Waals surface area contributed by atoms with Gasteiger partial charge >= 0.3 is 6.18 Å². The number of aromatic nitrogens is 4. The molecule has 10 nitrogen and oxygen atoms in total. The largest absolute Gasteiger partial charge is 0.419 e. The second-order valence-electron chi connectivity index (χ2n) is 9.42. The topological polar surface area (TPSA) is 122 Å². The van der Waals surface area contributed by atoms with Gasteiger partial charge in [-0.25, -0.2) is 15.1 Å². The molecule has 2 atom stereocenters. The molecular formula is C24H31F3N6O4. The summed E-state index contributed by atoms with van der Waals surface area (Å²) in [5.41, 5.74) is 0.0528. The van der Waals surface area contributed by atoms with Crippen molar-refractivity contribution >= 4 is 11.6 Å². The van der Waals surface area contributed by atoms with Gasteiger partial charge in [0.15, 0.2) is 0 Å². The number of halogens is 3. The number of piperidine rings is 1. The fourth-order valence-electron chi connectivity index (χ4n) is 4.58. The Morgan fingerprint density at radius 2 is 1.97 bits per heavy atom. The van der Waals surface area contributed by atoms with Crippen LogP contribution in [-0.2, 0) is 20.4 Å².